The van der Waals surface area contributed by atoms with Crippen molar-refractivity contribution in [3.63, 3.8) is 0 Å². The number of methoxy groups -OCH3 is 1. The monoisotopic (exact) mass is 382 g/mol. The average Bonchev–Trinajstić information content (AvgIpc) is 2.63. The molecule has 0 N–H and O–H groups in total. The highest BCUT2D eigenvalue weighted by Gasteiger charge is 2.16. The Labute approximate surface area is 161 Å². The van der Waals surface area contributed by atoms with Gasteiger partial charge in [0.15, 0.2) is 5.78 Å². The fourth-order valence-electron chi connectivity index (χ4n) is 2.56. The molecule has 0 fully saturated rings. The lowest BCUT2D eigenvalue weighted by Gasteiger charge is -2.16. The first-order valence-electron chi connectivity index (χ1n) is 9.11. The van der Waals surface area contributed by atoms with Crippen LogP contribution in [0.1, 0.15) is 69.2 Å². The first-order chi connectivity index (χ1) is 12.1. The second-order valence-corrected chi connectivity index (χ2v) is 7.86. The second kappa shape index (κ2) is 13.2. The Kier molecular flexibility index (Phi) is 11.6. The second-order valence-electron chi connectivity index (χ2n) is 5.96. The molecule has 0 bridgehead atoms. The summed E-state index contributed by atoms with van der Waals surface area (Å²) in [4.78, 5) is 12.4. The van der Waals surface area contributed by atoms with Gasteiger partial charge in [-0.1, -0.05) is 44.4 Å². The van der Waals surface area contributed by atoms with E-state index >= 15 is 0 Å². The zero-order chi connectivity index (χ0) is 18.5. The molecule has 0 saturated carbocycles. The molecule has 25 heavy (non-hydrogen) atoms. The molecule has 0 aliphatic heterocycles. The number of hydrogen-bond acceptors (Lipinski definition) is 5. The molecule has 0 radical (unpaired) electrons. The van der Waals surface area contributed by atoms with E-state index in [9.17, 15) is 4.79 Å². The molecule has 0 aliphatic carbocycles. The maximum atomic E-state index is 12.4. The molecule has 0 aromatic heterocycles. The number of carbonyl (C=O) groups is 1. The highest BCUT2D eigenvalue weighted by molar-refractivity contribution is 8.23. The molecule has 3 nitrogen and oxygen atoms in total. The summed E-state index contributed by atoms with van der Waals surface area (Å²) in [7, 11) is 1.62. The van der Waals surface area contributed by atoms with E-state index < -0.39 is 0 Å². The van der Waals surface area contributed by atoms with E-state index in [1.807, 2.05) is 31.2 Å². The average molecular weight is 383 g/mol. The van der Waals surface area contributed by atoms with Gasteiger partial charge in [-0.05, 0) is 56.2 Å². The van der Waals surface area contributed by atoms with Crippen LogP contribution in [0.2, 0.25) is 0 Å². The molecule has 1 atom stereocenters. The van der Waals surface area contributed by atoms with Gasteiger partial charge in [-0.25, -0.2) is 0 Å². The van der Waals surface area contributed by atoms with Crippen LogP contribution in [-0.4, -0.2) is 29.1 Å². The van der Waals surface area contributed by atoms with Crippen LogP contribution in [0.15, 0.2) is 24.3 Å². The number of hydrogen-bond donors (Lipinski definition) is 0. The van der Waals surface area contributed by atoms with Gasteiger partial charge in [0.05, 0.1) is 13.7 Å². The third-order valence-corrected chi connectivity index (χ3v) is 5.53. The fourth-order valence-corrected chi connectivity index (χ4v) is 4.07. The van der Waals surface area contributed by atoms with Gasteiger partial charge in [0.1, 0.15) is 5.75 Å². The summed E-state index contributed by atoms with van der Waals surface area (Å²) in [5.41, 5.74) is 0.739. The lowest BCUT2D eigenvalue weighted by atomic mass is 10.0. The smallest absolute Gasteiger partial charge is 0.220 e. The van der Waals surface area contributed by atoms with Crippen molar-refractivity contribution >= 4 is 34.1 Å². The Bertz CT molecular complexity index is 514. The van der Waals surface area contributed by atoms with Crippen LogP contribution < -0.4 is 4.74 Å². The summed E-state index contributed by atoms with van der Waals surface area (Å²) in [6.45, 7) is 4.75. The zero-order valence-corrected chi connectivity index (χ0v) is 17.2. The summed E-state index contributed by atoms with van der Waals surface area (Å²) < 4.78 is 11.1. The van der Waals surface area contributed by atoms with Crippen LogP contribution in [0.5, 0.6) is 5.75 Å². The molecule has 1 unspecified atom stereocenters. The third-order valence-electron chi connectivity index (χ3n) is 4.01. The van der Waals surface area contributed by atoms with Gasteiger partial charge in [-0.2, -0.15) is 0 Å². The fraction of sp³-hybridized carbons (Fsp3) is 0.600. The lowest BCUT2D eigenvalue weighted by molar-refractivity contribution is 0.0979. The number of ketones is 1. The van der Waals surface area contributed by atoms with Crippen LogP contribution in [0.25, 0.3) is 0 Å². The lowest BCUT2D eigenvalue weighted by Crippen LogP contribution is -2.11. The highest BCUT2D eigenvalue weighted by atomic mass is 32.2. The van der Waals surface area contributed by atoms with E-state index in [0.717, 1.165) is 24.2 Å². The summed E-state index contributed by atoms with van der Waals surface area (Å²) in [6.07, 6.45) is 7.34. The van der Waals surface area contributed by atoms with E-state index in [1.165, 1.54) is 25.7 Å². The van der Waals surface area contributed by atoms with Crippen molar-refractivity contribution in [2.45, 2.75) is 64.0 Å². The minimum absolute atomic E-state index is 0.170. The summed E-state index contributed by atoms with van der Waals surface area (Å²) in [5, 5.41) is 0.345. The molecule has 1 aromatic carbocycles. The van der Waals surface area contributed by atoms with Crippen molar-refractivity contribution in [3.8, 4) is 5.75 Å². The van der Waals surface area contributed by atoms with Crippen LogP contribution >= 0.6 is 24.0 Å². The summed E-state index contributed by atoms with van der Waals surface area (Å²) in [5.74, 6) is 0.937. The molecule has 1 aromatic rings. The van der Waals surface area contributed by atoms with Crippen molar-refractivity contribution in [2.75, 3.05) is 13.7 Å². The highest BCUT2D eigenvalue weighted by Crippen LogP contribution is 2.26. The number of thiocarbonyl (C=S) groups is 1. The number of carbonyl (C=O) groups excluding carboxylic acids is 1. The van der Waals surface area contributed by atoms with Gasteiger partial charge < -0.3 is 9.47 Å². The molecule has 0 heterocycles. The molecule has 0 spiro atoms. The largest absolute Gasteiger partial charge is 0.497 e. The number of Topliss-reactive ketones (excluding diaryl/α,β-unsaturated/α-hetero) is 1. The van der Waals surface area contributed by atoms with Crippen molar-refractivity contribution in [1.82, 2.24) is 0 Å². The van der Waals surface area contributed by atoms with E-state index in [2.05, 4.69) is 6.92 Å². The normalized spacial score (nSPS) is 11.8. The quantitative estimate of drug-likeness (QED) is 0.250. The maximum absolute atomic E-state index is 12.4. The van der Waals surface area contributed by atoms with Gasteiger partial charge in [0, 0.05) is 17.2 Å². The number of benzene rings is 1. The Morgan fingerprint density at radius 1 is 1.12 bits per heavy atom. The van der Waals surface area contributed by atoms with Gasteiger partial charge in [-0.15, -0.1) is 0 Å². The van der Waals surface area contributed by atoms with Crippen LogP contribution in [0.4, 0.5) is 0 Å². The molecular weight excluding hydrogens is 352 g/mol. The first kappa shape index (κ1) is 22.0. The van der Waals surface area contributed by atoms with Crippen LogP contribution in [-0.2, 0) is 4.74 Å². The van der Waals surface area contributed by atoms with Gasteiger partial charge in [0.25, 0.3) is 0 Å². The SMILES string of the molecule is CCCCCCC(CCC(=O)c1ccc(OC)cc1)SC(=S)OCC. The van der Waals surface area contributed by atoms with E-state index in [-0.39, 0.29) is 5.78 Å². The molecule has 140 valence electrons. The molecule has 5 heteroatoms. The summed E-state index contributed by atoms with van der Waals surface area (Å²) in [6, 6.07) is 7.31. The molecule has 0 saturated heterocycles. The number of unbranched alkanes of at least 4 members (excludes halogenated alkanes) is 3. The molecule has 1 rings (SSSR count). The van der Waals surface area contributed by atoms with E-state index in [0.29, 0.717) is 22.7 Å². The van der Waals surface area contributed by atoms with Crippen LogP contribution in [0.3, 0.4) is 0 Å². The maximum Gasteiger partial charge on any atom is 0.220 e. The first-order valence-corrected chi connectivity index (χ1v) is 10.4. The van der Waals surface area contributed by atoms with Crippen molar-refractivity contribution in [2.24, 2.45) is 0 Å². The molecular formula is C20H30O3S2. The predicted molar refractivity (Wildman–Crippen MR) is 111 cm³/mol. The van der Waals surface area contributed by atoms with E-state index in [1.54, 1.807) is 18.9 Å². The van der Waals surface area contributed by atoms with Gasteiger partial charge in [-0.3, -0.25) is 4.79 Å². The van der Waals surface area contributed by atoms with E-state index in [4.69, 9.17) is 21.7 Å². The topological polar surface area (TPSA) is 35.5 Å². The third kappa shape index (κ3) is 9.26. The Hall–Kier alpha value is -1.07. The van der Waals surface area contributed by atoms with Crippen LogP contribution in [0, 0.1) is 0 Å². The van der Waals surface area contributed by atoms with Crippen molar-refractivity contribution in [3.05, 3.63) is 29.8 Å². The number of thioether (sulfide) groups is 1. The molecule has 0 amide bonds. The Balaban J connectivity index is 2.52. The number of rotatable bonds is 12. The van der Waals surface area contributed by atoms with Gasteiger partial charge >= 0.3 is 0 Å². The van der Waals surface area contributed by atoms with Gasteiger partial charge in [0.2, 0.25) is 4.38 Å². The Morgan fingerprint density at radius 2 is 1.84 bits per heavy atom. The Morgan fingerprint density at radius 3 is 2.44 bits per heavy atom. The predicted octanol–water partition coefficient (Wildman–Crippen LogP) is 6.05. The summed E-state index contributed by atoms with van der Waals surface area (Å²) >= 11 is 6.88. The molecule has 0 aliphatic rings. The minimum atomic E-state index is 0.170. The minimum Gasteiger partial charge on any atom is -0.497 e. The zero-order valence-electron chi connectivity index (χ0n) is 15.6. The van der Waals surface area contributed by atoms with Crippen molar-refractivity contribution < 1.29 is 14.3 Å². The number of ether oxygens (including phenoxy) is 2. The van der Waals surface area contributed by atoms with Crippen molar-refractivity contribution in [1.29, 1.82) is 0 Å². The standard InChI is InChI=1S/C20H30O3S2/c1-4-6-7-8-9-18(25-20(24)23-5-2)14-15-19(21)16-10-12-17(22-3)13-11-16/h10-13,18H,4-9,14-15H2,1-3H3.